The van der Waals surface area contributed by atoms with Crippen LogP contribution >= 0.6 is 0 Å². The van der Waals surface area contributed by atoms with Crippen molar-refractivity contribution in [3.8, 4) is 0 Å². The Morgan fingerprint density at radius 3 is 2.32 bits per heavy atom. The fourth-order valence-electron chi connectivity index (χ4n) is 2.72. The van der Waals surface area contributed by atoms with Gasteiger partial charge in [-0.2, -0.15) is 0 Å². The second-order valence-electron chi connectivity index (χ2n) is 7.42. The normalized spacial score (nSPS) is 17.3. The van der Waals surface area contributed by atoms with Crippen LogP contribution in [0, 0.1) is 11.8 Å². The lowest BCUT2D eigenvalue weighted by molar-refractivity contribution is -0.140. The number of aromatic nitrogens is 3. The standard InChI is InChI=1S/C19H32N4O5/c1-15(2)4-6-26-8-10-28-11-9-27-7-5-22-13-17(20-21-22)14-23-18(24)12-16(3)19(23)25/h13,15-16H,4-12,14H2,1-3H3. The molecule has 2 amide bonds. The molecule has 0 saturated carbocycles. The summed E-state index contributed by atoms with van der Waals surface area (Å²) < 4.78 is 18.1. The van der Waals surface area contributed by atoms with Crippen molar-refractivity contribution in [2.45, 2.75) is 46.7 Å². The largest absolute Gasteiger partial charge is 0.379 e. The van der Waals surface area contributed by atoms with Crippen LogP contribution in [0.25, 0.3) is 0 Å². The van der Waals surface area contributed by atoms with E-state index < -0.39 is 0 Å². The van der Waals surface area contributed by atoms with E-state index in [4.69, 9.17) is 14.2 Å². The van der Waals surface area contributed by atoms with Crippen LogP contribution in [0.2, 0.25) is 0 Å². The quantitative estimate of drug-likeness (QED) is 0.345. The highest BCUT2D eigenvalue weighted by molar-refractivity contribution is 6.03. The first-order valence-electron chi connectivity index (χ1n) is 9.93. The van der Waals surface area contributed by atoms with Gasteiger partial charge in [-0.1, -0.05) is 26.0 Å². The SMILES string of the molecule is CC(C)CCOCCOCCOCCn1cc(CN2C(=O)CC(C)C2=O)nn1. The van der Waals surface area contributed by atoms with Crippen LogP contribution < -0.4 is 0 Å². The highest BCUT2D eigenvalue weighted by atomic mass is 16.5. The van der Waals surface area contributed by atoms with E-state index in [1.165, 1.54) is 4.90 Å². The summed E-state index contributed by atoms with van der Waals surface area (Å²) in [5, 5.41) is 8.03. The van der Waals surface area contributed by atoms with E-state index in [9.17, 15) is 9.59 Å². The number of imide groups is 1. The molecule has 9 heteroatoms. The molecular formula is C19H32N4O5. The maximum absolute atomic E-state index is 11.9. The molecule has 1 aromatic rings. The molecule has 0 aromatic carbocycles. The van der Waals surface area contributed by atoms with Gasteiger partial charge in [-0.25, -0.2) is 4.68 Å². The average molecular weight is 396 g/mol. The summed E-state index contributed by atoms with van der Waals surface area (Å²) in [7, 11) is 0. The molecule has 0 spiro atoms. The molecule has 0 aliphatic carbocycles. The molecule has 1 aromatic heterocycles. The first-order chi connectivity index (χ1) is 13.5. The summed E-state index contributed by atoms with van der Waals surface area (Å²) >= 11 is 0. The number of carbonyl (C=O) groups excluding carboxylic acids is 2. The van der Waals surface area contributed by atoms with Crippen molar-refractivity contribution >= 4 is 11.8 Å². The third-order valence-electron chi connectivity index (χ3n) is 4.42. The van der Waals surface area contributed by atoms with Crippen molar-refractivity contribution in [1.82, 2.24) is 19.9 Å². The number of hydrogen-bond donors (Lipinski definition) is 0. The maximum atomic E-state index is 11.9. The molecule has 2 heterocycles. The lowest BCUT2D eigenvalue weighted by Gasteiger charge is -2.11. The number of ether oxygens (including phenoxy) is 3. The summed E-state index contributed by atoms with van der Waals surface area (Å²) in [6.07, 6.45) is 3.07. The third kappa shape index (κ3) is 7.65. The lowest BCUT2D eigenvalue weighted by Crippen LogP contribution is -2.29. The number of nitrogens with zero attached hydrogens (tertiary/aromatic N) is 4. The molecule has 0 N–H and O–H groups in total. The Kier molecular flexibility index (Phi) is 9.52. The number of amides is 2. The Labute approximate surface area is 166 Å². The second-order valence-corrected chi connectivity index (χ2v) is 7.42. The van der Waals surface area contributed by atoms with Crippen molar-refractivity contribution in [2.75, 3.05) is 39.6 Å². The zero-order valence-corrected chi connectivity index (χ0v) is 17.1. The smallest absolute Gasteiger partial charge is 0.232 e. The summed E-state index contributed by atoms with van der Waals surface area (Å²) in [6, 6.07) is 0. The summed E-state index contributed by atoms with van der Waals surface area (Å²) in [5.41, 5.74) is 0.594. The Morgan fingerprint density at radius 1 is 1.07 bits per heavy atom. The third-order valence-corrected chi connectivity index (χ3v) is 4.42. The number of rotatable bonds is 14. The highest BCUT2D eigenvalue weighted by Crippen LogP contribution is 2.20. The molecule has 1 aliphatic heterocycles. The monoisotopic (exact) mass is 396 g/mol. The zero-order valence-electron chi connectivity index (χ0n) is 17.1. The van der Waals surface area contributed by atoms with Crippen LogP contribution in [0.1, 0.15) is 39.3 Å². The van der Waals surface area contributed by atoms with Gasteiger partial charge in [0.25, 0.3) is 0 Å². The van der Waals surface area contributed by atoms with E-state index in [0.717, 1.165) is 13.0 Å². The minimum atomic E-state index is -0.246. The number of hydrogen-bond acceptors (Lipinski definition) is 7. The summed E-state index contributed by atoms with van der Waals surface area (Å²) in [6.45, 7) is 10.3. The van der Waals surface area contributed by atoms with Crippen molar-refractivity contribution in [3.63, 3.8) is 0 Å². The molecule has 2 rings (SSSR count). The van der Waals surface area contributed by atoms with Gasteiger partial charge in [-0.05, 0) is 12.3 Å². The van der Waals surface area contributed by atoms with E-state index in [0.29, 0.717) is 51.2 Å². The number of likely N-dealkylation sites (tertiary alicyclic amines) is 1. The maximum Gasteiger partial charge on any atom is 0.232 e. The van der Waals surface area contributed by atoms with Gasteiger partial charge in [0, 0.05) is 18.9 Å². The molecule has 0 radical (unpaired) electrons. The molecule has 1 aliphatic rings. The molecule has 1 saturated heterocycles. The molecule has 9 nitrogen and oxygen atoms in total. The van der Waals surface area contributed by atoms with Crippen LogP contribution in [0.3, 0.4) is 0 Å². The van der Waals surface area contributed by atoms with Gasteiger partial charge in [0.2, 0.25) is 11.8 Å². The topological polar surface area (TPSA) is 95.8 Å². The van der Waals surface area contributed by atoms with Crippen LogP contribution in [-0.2, 0) is 36.9 Å². The fourth-order valence-corrected chi connectivity index (χ4v) is 2.72. The predicted molar refractivity (Wildman–Crippen MR) is 101 cm³/mol. The molecule has 1 atom stereocenters. The molecule has 0 bridgehead atoms. The van der Waals surface area contributed by atoms with Crippen molar-refractivity contribution in [1.29, 1.82) is 0 Å². The van der Waals surface area contributed by atoms with E-state index in [-0.39, 0.29) is 30.7 Å². The average Bonchev–Trinajstić information content (AvgIpc) is 3.19. The van der Waals surface area contributed by atoms with Gasteiger partial charge in [0.15, 0.2) is 0 Å². The van der Waals surface area contributed by atoms with Crippen LogP contribution in [0.15, 0.2) is 6.20 Å². The Balaban J connectivity index is 1.50. The van der Waals surface area contributed by atoms with Gasteiger partial charge in [-0.3, -0.25) is 14.5 Å². The first kappa shape index (κ1) is 22.4. The minimum Gasteiger partial charge on any atom is -0.379 e. The Bertz CT molecular complexity index is 619. The van der Waals surface area contributed by atoms with Crippen LogP contribution in [0.5, 0.6) is 0 Å². The molecule has 1 unspecified atom stereocenters. The van der Waals surface area contributed by atoms with Gasteiger partial charge in [0.05, 0.1) is 52.3 Å². The van der Waals surface area contributed by atoms with Crippen LogP contribution in [0.4, 0.5) is 0 Å². The Morgan fingerprint density at radius 2 is 1.71 bits per heavy atom. The van der Waals surface area contributed by atoms with Gasteiger partial charge < -0.3 is 14.2 Å². The Hall–Kier alpha value is -1.84. The molecule has 28 heavy (non-hydrogen) atoms. The van der Waals surface area contributed by atoms with Gasteiger partial charge in [-0.15, -0.1) is 5.10 Å². The zero-order chi connectivity index (χ0) is 20.4. The summed E-state index contributed by atoms with van der Waals surface area (Å²) in [5.74, 6) is 0.114. The van der Waals surface area contributed by atoms with Crippen molar-refractivity contribution < 1.29 is 23.8 Å². The van der Waals surface area contributed by atoms with Gasteiger partial charge >= 0.3 is 0 Å². The van der Waals surface area contributed by atoms with Crippen molar-refractivity contribution in [3.05, 3.63) is 11.9 Å². The second kappa shape index (κ2) is 11.9. The van der Waals surface area contributed by atoms with E-state index >= 15 is 0 Å². The van der Waals surface area contributed by atoms with E-state index in [1.54, 1.807) is 17.8 Å². The number of carbonyl (C=O) groups is 2. The predicted octanol–water partition coefficient (Wildman–Crippen LogP) is 1.27. The molecular weight excluding hydrogens is 364 g/mol. The first-order valence-corrected chi connectivity index (χ1v) is 9.93. The van der Waals surface area contributed by atoms with E-state index in [1.807, 2.05) is 0 Å². The molecule has 1 fully saturated rings. The van der Waals surface area contributed by atoms with Crippen LogP contribution in [-0.4, -0.2) is 71.3 Å². The van der Waals surface area contributed by atoms with Gasteiger partial charge in [0.1, 0.15) is 5.69 Å². The fraction of sp³-hybridized carbons (Fsp3) is 0.789. The minimum absolute atomic E-state index is 0.145. The van der Waals surface area contributed by atoms with E-state index in [2.05, 4.69) is 24.2 Å². The lowest BCUT2D eigenvalue weighted by atomic mass is 10.1. The van der Waals surface area contributed by atoms with Crippen molar-refractivity contribution in [2.24, 2.45) is 11.8 Å². The molecule has 158 valence electrons. The highest BCUT2D eigenvalue weighted by Gasteiger charge is 2.35. The summed E-state index contributed by atoms with van der Waals surface area (Å²) in [4.78, 5) is 25.0.